The van der Waals surface area contributed by atoms with Gasteiger partial charge in [0.1, 0.15) is 5.82 Å². The van der Waals surface area contributed by atoms with E-state index >= 15 is 0 Å². The summed E-state index contributed by atoms with van der Waals surface area (Å²) in [6.07, 6.45) is 0. The highest BCUT2D eigenvalue weighted by molar-refractivity contribution is 6.28. The van der Waals surface area contributed by atoms with Gasteiger partial charge >= 0.3 is 0 Å². The average Bonchev–Trinajstić information content (AvgIpc) is 2.32. The lowest BCUT2D eigenvalue weighted by atomic mass is 10.2. The minimum absolute atomic E-state index is 0.128. The molecule has 0 unspecified atom stereocenters. The molecular formula is C12H12ClFN4. The second-order valence-electron chi connectivity index (χ2n) is 3.82. The van der Waals surface area contributed by atoms with E-state index in [2.05, 4.69) is 15.3 Å². The Morgan fingerprint density at radius 3 is 2.89 bits per heavy atom. The Bertz CT molecular complexity index is 574. The number of hydrogen-bond donors (Lipinski definition) is 2. The number of halogens is 2. The molecule has 94 valence electrons. The van der Waals surface area contributed by atoms with Gasteiger partial charge in [-0.15, -0.1) is 0 Å². The van der Waals surface area contributed by atoms with Gasteiger partial charge in [-0.1, -0.05) is 12.1 Å². The maximum atomic E-state index is 13.0. The number of benzene rings is 1. The molecule has 1 heterocycles. The van der Waals surface area contributed by atoms with Crippen LogP contribution in [0, 0.1) is 12.7 Å². The smallest absolute Gasteiger partial charge is 0.224 e. The lowest BCUT2D eigenvalue weighted by Crippen LogP contribution is -2.07. The summed E-state index contributed by atoms with van der Waals surface area (Å²) in [6, 6.07) is 6.29. The van der Waals surface area contributed by atoms with E-state index in [1.807, 2.05) is 6.07 Å². The van der Waals surface area contributed by atoms with Crippen LogP contribution in [0.15, 0.2) is 24.3 Å². The SMILES string of the molecule is Cc1nc(Cl)nc(NCc2cccc(F)c2)c1N. The Balaban J connectivity index is 2.15. The number of nitrogens with one attached hydrogen (secondary N) is 1. The largest absolute Gasteiger partial charge is 0.394 e. The van der Waals surface area contributed by atoms with Crippen LogP contribution in [0.5, 0.6) is 0 Å². The number of nitrogens with two attached hydrogens (primary N) is 1. The van der Waals surface area contributed by atoms with Crippen molar-refractivity contribution in [3.8, 4) is 0 Å². The Morgan fingerprint density at radius 2 is 2.17 bits per heavy atom. The zero-order valence-corrected chi connectivity index (χ0v) is 10.5. The van der Waals surface area contributed by atoms with Crippen molar-refractivity contribution in [2.75, 3.05) is 11.1 Å². The normalized spacial score (nSPS) is 10.4. The molecule has 4 nitrogen and oxygen atoms in total. The first-order valence-corrected chi connectivity index (χ1v) is 5.72. The van der Waals surface area contributed by atoms with Crippen molar-refractivity contribution in [1.82, 2.24) is 9.97 Å². The van der Waals surface area contributed by atoms with Crippen LogP contribution in [-0.4, -0.2) is 9.97 Å². The van der Waals surface area contributed by atoms with Crippen LogP contribution in [0.1, 0.15) is 11.3 Å². The van der Waals surface area contributed by atoms with Crippen LogP contribution >= 0.6 is 11.6 Å². The maximum Gasteiger partial charge on any atom is 0.224 e. The summed E-state index contributed by atoms with van der Waals surface area (Å²) in [5.74, 6) is 0.177. The Hall–Kier alpha value is -1.88. The predicted octanol–water partition coefficient (Wildman–Crippen LogP) is 2.77. The number of anilines is 2. The number of nitrogen functional groups attached to an aromatic ring is 1. The number of nitrogens with zero attached hydrogens (tertiary/aromatic N) is 2. The topological polar surface area (TPSA) is 63.8 Å². The van der Waals surface area contributed by atoms with Gasteiger partial charge in [0.2, 0.25) is 5.28 Å². The monoisotopic (exact) mass is 266 g/mol. The third-order valence-electron chi connectivity index (χ3n) is 2.46. The molecule has 6 heteroatoms. The van der Waals surface area contributed by atoms with Crippen molar-refractivity contribution >= 4 is 23.1 Å². The molecule has 0 amide bonds. The first-order valence-electron chi connectivity index (χ1n) is 5.34. The summed E-state index contributed by atoms with van der Waals surface area (Å²) >= 11 is 5.75. The summed E-state index contributed by atoms with van der Waals surface area (Å²) in [7, 11) is 0. The second kappa shape index (κ2) is 5.18. The fourth-order valence-electron chi connectivity index (χ4n) is 1.51. The summed E-state index contributed by atoms with van der Waals surface area (Å²) in [6.45, 7) is 2.16. The molecule has 0 saturated heterocycles. The molecule has 0 aliphatic carbocycles. The van der Waals surface area contributed by atoms with Gasteiger partial charge in [0.05, 0.1) is 11.4 Å². The quantitative estimate of drug-likeness (QED) is 0.839. The van der Waals surface area contributed by atoms with Crippen LogP contribution in [0.4, 0.5) is 15.9 Å². The third kappa shape index (κ3) is 2.87. The van der Waals surface area contributed by atoms with Crippen molar-refractivity contribution in [3.63, 3.8) is 0 Å². The van der Waals surface area contributed by atoms with Crippen LogP contribution < -0.4 is 11.1 Å². The van der Waals surface area contributed by atoms with Crippen molar-refractivity contribution in [3.05, 3.63) is 46.6 Å². The standard InChI is InChI=1S/C12H12ClFN4/c1-7-10(15)11(18-12(13)17-7)16-6-8-3-2-4-9(14)5-8/h2-5H,6,15H2,1H3,(H,16,17,18). The van der Waals surface area contributed by atoms with Crippen LogP contribution in [0.2, 0.25) is 5.28 Å². The van der Waals surface area contributed by atoms with E-state index in [4.69, 9.17) is 17.3 Å². The summed E-state index contributed by atoms with van der Waals surface area (Å²) in [5.41, 5.74) is 7.67. The predicted molar refractivity (Wildman–Crippen MR) is 69.9 cm³/mol. The lowest BCUT2D eigenvalue weighted by Gasteiger charge is -2.10. The van der Waals surface area contributed by atoms with Crippen molar-refractivity contribution in [2.45, 2.75) is 13.5 Å². The van der Waals surface area contributed by atoms with Gasteiger partial charge in [-0.25, -0.2) is 9.37 Å². The van der Waals surface area contributed by atoms with E-state index in [9.17, 15) is 4.39 Å². The van der Waals surface area contributed by atoms with E-state index < -0.39 is 0 Å². The van der Waals surface area contributed by atoms with Crippen molar-refractivity contribution in [2.24, 2.45) is 0 Å². The van der Waals surface area contributed by atoms with Crippen LogP contribution in [0.3, 0.4) is 0 Å². The van der Waals surface area contributed by atoms with E-state index in [0.29, 0.717) is 23.7 Å². The molecule has 0 aliphatic heterocycles. The molecule has 2 rings (SSSR count). The molecule has 0 aliphatic rings. The van der Waals surface area contributed by atoms with Crippen LogP contribution in [-0.2, 0) is 6.54 Å². The molecule has 2 aromatic rings. The molecule has 3 N–H and O–H groups in total. The molecule has 1 aromatic heterocycles. The zero-order valence-electron chi connectivity index (χ0n) is 9.74. The Morgan fingerprint density at radius 1 is 1.39 bits per heavy atom. The maximum absolute atomic E-state index is 13.0. The van der Waals surface area contributed by atoms with E-state index in [-0.39, 0.29) is 11.1 Å². The first-order chi connectivity index (χ1) is 8.56. The van der Waals surface area contributed by atoms with Gasteiger partial charge in [0.25, 0.3) is 0 Å². The van der Waals surface area contributed by atoms with E-state index in [0.717, 1.165) is 5.56 Å². The molecule has 0 fully saturated rings. The zero-order chi connectivity index (χ0) is 13.1. The second-order valence-corrected chi connectivity index (χ2v) is 4.16. The van der Waals surface area contributed by atoms with Crippen molar-refractivity contribution in [1.29, 1.82) is 0 Å². The number of aryl methyl sites for hydroxylation is 1. The fourth-order valence-corrected chi connectivity index (χ4v) is 1.73. The van der Waals surface area contributed by atoms with Gasteiger partial charge in [-0.2, -0.15) is 4.98 Å². The molecule has 0 saturated carbocycles. The van der Waals surface area contributed by atoms with Gasteiger partial charge < -0.3 is 11.1 Å². The summed E-state index contributed by atoms with van der Waals surface area (Å²) < 4.78 is 13.0. The van der Waals surface area contributed by atoms with E-state index in [1.54, 1.807) is 13.0 Å². The molecule has 0 radical (unpaired) electrons. The third-order valence-corrected chi connectivity index (χ3v) is 2.63. The molecule has 1 aromatic carbocycles. The summed E-state index contributed by atoms with van der Waals surface area (Å²) in [4.78, 5) is 7.93. The molecule has 18 heavy (non-hydrogen) atoms. The van der Waals surface area contributed by atoms with E-state index in [1.165, 1.54) is 12.1 Å². The highest BCUT2D eigenvalue weighted by atomic mass is 35.5. The number of hydrogen-bond acceptors (Lipinski definition) is 4. The lowest BCUT2D eigenvalue weighted by molar-refractivity contribution is 0.626. The van der Waals surface area contributed by atoms with Gasteiger partial charge in [-0.05, 0) is 36.2 Å². The number of rotatable bonds is 3. The van der Waals surface area contributed by atoms with Gasteiger partial charge in [-0.3, -0.25) is 0 Å². The first kappa shape index (κ1) is 12.6. The minimum Gasteiger partial charge on any atom is -0.394 e. The average molecular weight is 267 g/mol. The Kier molecular flexibility index (Phi) is 3.62. The minimum atomic E-state index is -0.279. The fraction of sp³-hybridized carbons (Fsp3) is 0.167. The van der Waals surface area contributed by atoms with Crippen molar-refractivity contribution < 1.29 is 4.39 Å². The summed E-state index contributed by atoms with van der Waals surface area (Å²) in [5, 5.41) is 3.14. The number of aromatic nitrogens is 2. The molecule has 0 spiro atoms. The Labute approximate surface area is 109 Å². The van der Waals surface area contributed by atoms with Gasteiger partial charge in [0, 0.05) is 6.54 Å². The molecule has 0 bridgehead atoms. The highest BCUT2D eigenvalue weighted by Crippen LogP contribution is 2.21. The van der Waals surface area contributed by atoms with Crippen LogP contribution in [0.25, 0.3) is 0 Å². The highest BCUT2D eigenvalue weighted by Gasteiger charge is 2.07. The van der Waals surface area contributed by atoms with Gasteiger partial charge in [0.15, 0.2) is 5.82 Å². The molecular weight excluding hydrogens is 255 g/mol. The molecule has 0 atom stereocenters.